The summed E-state index contributed by atoms with van der Waals surface area (Å²) < 4.78 is 4.68. The number of carbonyl (C=O) groups excluding carboxylic acids is 1. The minimum atomic E-state index is -1.31. The van der Waals surface area contributed by atoms with Gasteiger partial charge in [0.25, 0.3) is 0 Å². The maximum atomic E-state index is 11.9. The lowest BCUT2D eigenvalue weighted by Crippen LogP contribution is -2.15. The Bertz CT molecular complexity index is 786. The molecule has 3 N–H and O–H groups in total. The fourth-order valence-corrected chi connectivity index (χ4v) is 2.16. The standard InChI is InChI=1S/C13H10N4O6S/c1-14-12-16-13(17-23-12)24-5-9(18)15-8-3-6(10(19)20)2-7(4-8)11(21)22/h2-4H,1,5H2,(H,15,18)(H,19,20)(H,21,22). The second-order valence-electron chi connectivity index (χ2n) is 4.26. The lowest BCUT2D eigenvalue weighted by molar-refractivity contribution is -0.113. The third kappa shape index (κ3) is 4.39. The van der Waals surface area contributed by atoms with E-state index in [1.807, 2.05) is 0 Å². The summed E-state index contributed by atoms with van der Waals surface area (Å²) in [5.74, 6) is -3.22. The van der Waals surface area contributed by atoms with Gasteiger partial charge in [0.2, 0.25) is 11.1 Å². The normalized spacial score (nSPS) is 10.2. The van der Waals surface area contributed by atoms with Gasteiger partial charge < -0.3 is 20.1 Å². The van der Waals surface area contributed by atoms with E-state index in [2.05, 4.69) is 31.7 Å². The minimum Gasteiger partial charge on any atom is -0.478 e. The molecule has 24 heavy (non-hydrogen) atoms. The predicted molar refractivity (Wildman–Crippen MR) is 83.2 cm³/mol. The summed E-state index contributed by atoms with van der Waals surface area (Å²) in [6.07, 6.45) is 0. The van der Waals surface area contributed by atoms with Gasteiger partial charge in [0.1, 0.15) is 0 Å². The van der Waals surface area contributed by atoms with E-state index in [1.165, 1.54) is 0 Å². The van der Waals surface area contributed by atoms with Crippen LogP contribution < -0.4 is 5.32 Å². The maximum absolute atomic E-state index is 11.9. The van der Waals surface area contributed by atoms with Crippen molar-refractivity contribution in [3.8, 4) is 0 Å². The SMILES string of the molecule is C=Nc1nc(SCC(=O)Nc2cc(C(=O)O)cc(C(=O)O)c2)no1. The van der Waals surface area contributed by atoms with Gasteiger partial charge in [-0.25, -0.2) is 14.6 Å². The first-order valence-electron chi connectivity index (χ1n) is 6.24. The highest BCUT2D eigenvalue weighted by atomic mass is 32.2. The summed E-state index contributed by atoms with van der Waals surface area (Å²) in [5.41, 5.74) is -0.449. The first-order valence-corrected chi connectivity index (χ1v) is 7.22. The molecular weight excluding hydrogens is 340 g/mol. The zero-order valence-electron chi connectivity index (χ0n) is 11.9. The predicted octanol–water partition coefficient (Wildman–Crippen LogP) is 1.53. The van der Waals surface area contributed by atoms with Crippen LogP contribution in [0.4, 0.5) is 11.7 Å². The van der Waals surface area contributed by atoms with E-state index in [1.54, 1.807) is 0 Å². The highest BCUT2D eigenvalue weighted by molar-refractivity contribution is 7.99. The molecule has 1 heterocycles. The summed E-state index contributed by atoms with van der Waals surface area (Å²) in [4.78, 5) is 41.1. The van der Waals surface area contributed by atoms with Crippen LogP contribution in [0.5, 0.6) is 0 Å². The molecule has 0 spiro atoms. The summed E-state index contributed by atoms with van der Waals surface area (Å²) in [6.45, 7) is 3.21. The van der Waals surface area contributed by atoms with Crippen LogP contribution in [0, 0.1) is 0 Å². The molecule has 0 aliphatic carbocycles. The Balaban J connectivity index is 2.06. The number of anilines is 1. The van der Waals surface area contributed by atoms with Crippen molar-refractivity contribution in [3.05, 3.63) is 29.3 Å². The molecular formula is C13H10N4O6S. The molecule has 0 saturated heterocycles. The van der Waals surface area contributed by atoms with Gasteiger partial charge in [-0.05, 0) is 30.1 Å². The first kappa shape index (κ1) is 17.1. The number of benzene rings is 1. The number of hydrogen-bond donors (Lipinski definition) is 3. The molecule has 1 aromatic heterocycles. The summed E-state index contributed by atoms with van der Waals surface area (Å²) >= 11 is 0.957. The molecule has 11 heteroatoms. The summed E-state index contributed by atoms with van der Waals surface area (Å²) in [7, 11) is 0. The molecule has 1 aromatic carbocycles. The Morgan fingerprint density at radius 3 is 2.33 bits per heavy atom. The van der Waals surface area contributed by atoms with Crippen LogP contribution in [0.25, 0.3) is 0 Å². The van der Waals surface area contributed by atoms with Crippen LogP contribution in [0.1, 0.15) is 20.7 Å². The number of carbonyl (C=O) groups is 3. The third-order valence-corrected chi connectivity index (χ3v) is 3.41. The Morgan fingerprint density at radius 2 is 1.83 bits per heavy atom. The van der Waals surface area contributed by atoms with Crippen molar-refractivity contribution in [1.29, 1.82) is 0 Å². The second-order valence-corrected chi connectivity index (χ2v) is 5.21. The molecule has 0 radical (unpaired) electrons. The molecule has 0 atom stereocenters. The smallest absolute Gasteiger partial charge is 0.347 e. The molecule has 10 nitrogen and oxygen atoms in total. The van der Waals surface area contributed by atoms with Crippen LogP contribution >= 0.6 is 11.8 Å². The van der Waals surface area contributed by atoms with Gasteiger partial charge >= 0.3 is 18.0 Å². The Morgan fingerprint density at radius 1 is 1.21 bits per heavy atom. The number of hydrogen-bond acceptors (Lipinski definition) is 8. The average molecular weight is 350 g/mol. The fourth-order valence-electron chi connectivity index (χ4n) is 1.60. The van der Waals surface area contributed by atoms with E-state index in [0.29, 0.717) is 0 Å². The number of carboxylic acid groups (broad SMARTS) is 2. The molecule has 2 aromatic rings. The molecule has 0 saturated carbocycles. The number of carboxylic acids is 2. The second kappa shape index (κ2) is 7.37. The van der Waals surface area contributed by atoms with Crippen LogP contribution in [0.15, 0.2) is 32.9 Å². The number of nitrogens with one attached hydrogen (secondary N) is 1. The number of nitrogens with zero attached hydrogens (tertiary/aromatic N) is 3. The lowest BCUT2D eigenvalue weighted by atomic mass is 10.1. The highest BCUT2D eigenvalue weighted by Crippen LogP contribution is 2.19. The van der Waals surface area contributed by atoms with Gasteiger partial charge in [-0.15, -0.1) is 0 Å². The van der Waals surface area contributed by atoms with Crippen LogP contribution in [0.3, 0.4) is 0 Å². The van der Waals surface area contributed by atoms with Gasteiger partial charge in [0.15, 0.2) is 0 Å². The fraction of sp³-hybridized carbons (Fsp3) is 0.0769. The highest BCUT2D eigenvalue weighted by Gasteiger charge is 2.14. The number of aromatic nitrogens is 2. The molecule has 0 fully saturated rings. The largest absolute Gasteiger partial charge is 0.478 e. The average Bonchev–Trinajstić information content (AvgIpc) is 3.00. The van der Waals surface area contributed by atoms with Gasteiger partial charge in [0.05, 0.1) is 16.9 Å². The monoisotopic (exact) mass is 350 g/mol. The zero-order valence-corrected chi connectivity index (χ0v) is 12.7. The zero-order chi connectivity index (χ0) is 17.7. The molecule has 0 aliphatic heterocycles. The summed E-state index contributed by atoms with van der Waals surface area (Å²) in [6, 6.07) is 3.29. The van der Waals surface area contributed by atoms with Gasteiger partial charge in [-0.2, -0.15) is 4.98 Å². The number of thioether (sulfide) groups is 1. The molecule has 124 valence electrons. The first-order chi connectivity index (χ1) is 11.4. The quantitative estimate of drug-likeness (QED) is 0.498. The van der Waals surface area contributed by atoms with Crippen molar-refractivity contribution < 1.29 is 29.1 Å². The minimum absolute atomic E-state index is 0.0295. The summed E-state index contributed by atoms with van der Waals surface area (Å²) in [5, 5.41) is 24.1. The Kier molecular flexibility index (Phi) is 5.27. The third-order valence-electron chi connectivity index (χ3n) is 2.57. The molecule has 0 unspecified atom stereocenters. The van der Waals surface area contributed by atoms with Crippen molar-refractivity contribution in [3.63, 3.8) is 0 Å². The van der Waals surface area contributed by atoms with Crippen LogP contribution in [-0.2, 0) is 4.79 Å². The molecule has 1 amide bonds. The Hall–Kier alpha value is -3.21. The number of amides is 1. The number of aliphatic imine (C=N–C) groups is 1. The van der Waals surface area contributed by atoms with Crippen molar-refractivity contribution in [2.24, 2.45) is 4.99 Å². The number of rotatable bonds is 7. The van der Waals surface area contributed by atoms with E-state index in [0.717, 1.165) is 30.0 Å². The topological polar surface area (TPSA) is 155 Å². The van der Waals surface area contributed by atoms with Crippen molar-refractivity contribution >= 4 is 48.0 Å². The molecule has 0 aliphatic rings. The van der Waals surface area contributed by atoms with Crippen molar-refractivity contribution in [2.45, 2.75) is 5.16 Å². The van der Waals surface area contributed by atoms with Crippen LogP contribution in [0.2, 0.25) is 0 Å². The van der Waals surface area contributed by atoms with Crippen molar-refractivity contribution in [1.82, 2.24) is 10.1 Å². The Labute approximate surface area is 138 Å². The molecule has 2 rings (SSSR count). The van der Waals surface area contributed by atoms with Gasteiger partial charge in [0, 0.05) is 5.69 Å². The van der Waals surface area contributed by atoms with Gasteiger partial charge in [-0.1, -0.05) is 11.8 Å². The van der Waals surface area contributed by atoms with E-state index in [9.17, 15) is 14.4 Å². The molecule has 0 bridgehead atoms. The van der Waals surface area contributed by atoms with E-state index < -0.39 is 17.8 Å². The van der Waals surface area contributed by atoms with E-state index in [-0.39, 0.29) is 33.7 Å². The van der Waals surface area contributed by atoms with E-state index in [4.69, 9.17) is 10.2 Å². The number of aromatic carboxylic acids is 2. The van der Waals surface area contributed by atoms with Crippen molar-refractivity contribution in [2.75, 3.05) is 11.1 Å². The van der Waals surface area contributed by atoms with Crippen LogP contribution in [-0.4, -0.2) is 50.7 Å². The van der Waals surface area contributed by atoms with Gasteiger partial charge in [-0.3, -0.25) is 4.79 Å². The maximum Gasteiger partial charge on any atom is 0.347 e. The van der Waals surface area contributed by atoms with E-state index >= 15 is 0 Å². The lowest BCUT2D eigenvalue weighted by Gasteiger charge is -2.07.